The predicted octanol–water partition coefficient (Wildman–Crippen LogP) is 4.70. The first-order chi connectivity index (χ1) is 14.3. The van der Waals surface area contributed by atoms with E-state index >= 15 is 0 Å². The summed E-state index contributed by atoms with van der Waals surface area (Å²) in [5.41, 5.74) is 2.32. The van der Waals surface area contributed by atoms with Gasteiger partial charge in [-0.25, -0.2) is 8.42 Å². The first-order valence-electron chi connectivity index (χ1n) is 10.2. The van der Waals surface area contributed by atoms with Crippen molar-refractivity contribution in [2.24, 2.45) is 5.92 Å². The maximum Gasteiger partial charge on any atom is 0.229 e. The molecule has 1 aliphatic heterocycles. The third kappa shape index (κ3) is 4.33. The molecular weight excluding hydrogens is 396 g/mol. The Balaban J connectivity index is 1.48. The maximum absolute atomic E-state index is 13.0. The third-order valence-electron chi connectivity index (χ3n) is 5.80. The topological polar surface area (TPSA) is 66.5 Å². The molecule has 156 valence electrons. The molecule has 0 aliphatic carbocycles. The monoisotopic (exact) mass is 422 g/mol. The van der Waals surface area contributed by atoms with Gasteiger partial charge < -0.3 is 4.90 Å². The van der Waals surface area contributed by atoms with Crippen molar-refractivity contribution in [3.05, 3.63) is 72.3 Å². The van der Waals surface area contributed by atoms with Crippen molar-refractivity contribution in [3.63, 3.8) is 0 Å². The molecule has 6 heteroatoms. The highest BCUT2D eigenvalue weighted by atomic mass is 32.2. The molecule has 2 atom stereocenters. The van der Waals surface area contributed by atoms with Crippen LogP contribution >= 0.6 is 0 Å². The minimum Gasteiger partial charge on any atom is -0.368 e. The predicted molar refractivity (Wildman–Crippen MR) is 123 cm³/mol. The van der Waals surface area contributed by atoms with Gasteiger partial charge >= 0.3 is 0 Å². The van der Waals surface area contributed by atoms with E-state index in [-0.39, 0.29) is 17.7 Å². The van der Waals surface area contributed by atoms with Gasteiger partial charge in [0.1, 0.15) is 0 Å². The van der Waals surface area contributed by atoms with Gasteiger partial charge in [-0.3, -0.25) is 9.52 Å². The molecule has 0 spiro atoms. The molecule has 1 saturated heterocycles. The van der Waals surface area contributed by atoms with Gasteiger partial charge in [0, 0.05) is 40.8 Å². The van der Waals surface area contributed by atoms with Crippen LogP contribution in [-0.4, -0.2) is 33.0 Å². The van der Waals surface area contributed by atoms with Gasteiger partial charge in [-0.1, -0.05) is 36.4 Å². The number of anilines is 2. The Hall–Kier alpha value is -2.86. The lowest BCUT2D eigenvalue weighted by Crippen LogP contribution is -2.43. The molecule has 0 aromatic heterocycles. The van der Waals surface area contributed by atoms with E-state index in [4.69, 9.17) is 0 Å². The van der Waals surface area contributed by atoms with E-state index in [2.05, 4.69) is 59.0 Å². The van der Waals surface area contributed by atoms with E-state index in [0.717, 1.165) is 25.6 Å². The second-order valence-corrected chi connectivity index (χ2v) is 9.83. The van der Waals surface area contributed by atoms with E-state index < -0.39 is 10.0 Å². The smallest absolute Gasteiger partial charge is 0.229 e. The Morgan fingerprint density at radius 3 is 2.40 bits per heavy atom. The van der Waals surface area contributed by atoms with E-state index in [0.29, 0.717) is 11.3 Å². The molecule has 3 aromatic carbocycles. The number of nitrogens with one attached hydrogen (secondary N) is 1. The van der Waals surface area contributed by atoms with Crippen molar-refractivity contribution in [2.45, 2.75) is 25.8 Å². The molecule has 0 radical (unpaired) electrons. The summed E-state index contributed by atoms with van der Waals surface area (Å²) >= 11 is 0. The second-order valence-electron chi connectivity index (χ2n) is 8.08. The molecule has 1 aliphatic rings. The summed E-state index contributed by atoms with van der Waals surface area (Å²) in [4.78, 5) is 15.4. The summed E-state index contributed by atoms with van der Waals surface area (Å²) < 4.78 is 25.1. The van der Waals surface area contributed by atoms with Crippen molar-refractivity contribution in [3.8, 4) is 0 Å². The Kier molecular flexibility index (Phi) is 5.52. The minimum absolute atomic E-state index is 0.0278. The number of carbonyl (C=O) groups is 1. The summed E-state index contributed by atoms with van der Waals surface area (Å²) in [6, 6.07) is 21.7. The molecule has 1 N–H and O–H groups in total. The molecule has 5 nitrogen and oxygen atoms in total. The lowest BCUT2D eigenvalue weighted by Gasteiger charge is -2.39. The number of hydrogen-bond acceptors (Lipinski definition) is 4. The van der Waals surface area contributed by atoms with Crippen LogP contribution in [0.2, 0.25) is 0 Å². The summed E-state index contributed by atoms with van der Waals surface area (Å²) in [5, 5.41) is 2.47. The maximum atomic E-state index is 13.0. The van der Waals surface area contributed by atoms with E-state index in [1.165, 1.54) is 16.5 Å². The summed E-state index contributed by atoms with van der Waals surface area (Å²) in [6.45, 7) is 3.01. The summed E-state index contributed by atoms with van der Waals surface area (Å²) in [7, 11) is -3.33. The van der Waals surface area contributed by atoms with E-state index in [1.807, 2.05) is 0 Å². The number of piperidine rings is 1. The number of Topliss-reactive ketones (excluding diaryl/α,β-unsaturated/α-hetero) is 1. The van der Waals surface area contributed by atoms with E-state index in [1.54, 1.807) is 24.3 Å². The normalized spacial score (nSPS) is 19.6. The van der Waals surface area contributed by atoms with Crippen molar-refractivity contribution in [2.75, 3.05) is 22.4 Å². The van der Waals surface area contributed by atoms with Crippen LogP contribution in [0, 0.1) is 5.92 Å². The third-order valence-corrected chi connectivity index (χ3v) is 6.40. The van der Waals surface area contributed by atoms with Crippen LogP contribution in [0.25, 0.3) is 10.8 Å². The highest BCUT2D eigenvalue weighted by Crippen LogP contribution is 2.34. The fourth-order valence-corrected chi connectivity index (χ4v) is 4.94. The van der Waals surface area contributed by atoms with Crippen LogP contribution in [0.4, 0.5) is 11.4 Å². The van der Waals surface area contributed by atoms with E-state index in [9.17, 15) is 13.2 Å². The Labute approximate surface area is 177 Å². The molecule has 1 heterocycles. The van der Waals surface area contributed by atoms with Crippen LogP contribution < -0.4 is 9.62 Å². The molecule has 30 heavy (non-hydrogen) atoms. The Morgan fingerprint density at radius 2 is 1.70 bits per heavy atom. The Bertz CT molecular complexity index is 1170. The lowest BCUT2D eigenvalue weighted by atomic mass is 9.85. The largest absolute Gasteiger partial charge is 0.368 e. The van der Waals surface area contributed by atoms with Gasteiger partial charge in [-0.2, -0.15) is 0 Å². The van der Waals surface area contributed by atoms with Crippen molar-refractivity contribution in [1.29, 1.82) is 0 Å². The summed E-state index contributed by atoms with van der Waals surface area (Å²) in [6.07, 6.45) is 2.71. The second kappa shape index (κ2) is 8.11. The SMILES string of the molecule is CC1CC(C(=O)c2ccc(NS(C)(=O)=O)cc2)CCN1c1cccc2ccccc12. The number of sulfonamides is 1. The Morgan fingerprint density at radius 1 is 1.00 bits per heavy atom. The van der Waals surface area contributed by atoms with Gasteiger partial charge in [0.2, 0.25) is 10.0 Å². The van der Waals surface area contributed by atoms with Gasteiger partial charge in [-0.15, -0.1) is 0 Å². The molecule has 4 rings (SSSR count). The summed E-state index contributed by atoms with van der Waals surface area (Å²) in [5.74, 6) is 0.102. The van der Waals surface area contributed by atoms with Crippen LogP contribution in [0.3, 0.4) is 0 Å². The molecular formula is C24H26N2O3S. The number of ketones is 1. The fraction of sp³-hybridized carbons (Fsp3) is 0.292. The zero-order valence-electron chi connectivity index (χ0n) is 17.2. The number of nitrogens with zero attached hydrogens (tertiary/aromatic N) is 1. The number of hydrogen-bond donors (Lipinski definition) is 1. The number of fused-ring (bicyclic) bond motifs is 1. The quantitative estimate of drug-likeness (QED) is 0.605. The minimum atomic E-state index is -3.33. The van der Waals surface area contributed by atoms with Gasteiger partial charge in [0.05, 0.1) is 6.26 Å². The zero-order valence-corrected chi connectivity index (χ0v) is 18.0. The number of carbonyl (C=O) groups excluding carboxylic acids is 1. The number of rotatable bonds is 5. The molecule has 0 bridgehead atoms. The molecule has 2 unspecified atom stereocenters. The highest BCUT2D eigenvalue weighted by Gasteiger charge is 2.31. The molecule has 0 amide bonds. The molecule has 3 aromatic rings. The van der Waals surface area contributed by atoms with Crippen LogP contribution in [0.1, 0.15) is 30.1 Å². The van der Waals surface area contributed by atoms with Crippen LogP contribution in [0.5, 0.6) is 0 Å². The standard InChI is InChI=1S/C24H26N2O3S/c1-17-16-20(24(27)19-10-12-21(13-11-19)25-30(2,28)29)14-15-26(17)23-9-5-7-18-6-3-4-8-22(18)23/h3-13,17,20,25H,14-16H2,1-2H3. The van der Waals surface area contributed by atoms with Gasteiger partial charge in [0.25, 0.3) is 0 Å². The highest BCUT2D eigenvalue weighted by molar-refractivity contribution is 7.92. The first-order valence-corrected chi connectivity index (χ1v) is 12.1. The van der Waals surface area contributed by atoms with Crippen molar-refractivity contribution < 1.29 is 13.2 Å². The molecule has 0 saturated carbocycles. The lowest BCUT2D eigenvalue weighted by molar-refractivity contribution is 0.0890. The van der Waals surface area contributed by atoms with Crippen LogP contribution in [0.15, 0.2) is 66.7 Å². The van der Waals surface area contributed by atoms with Gasteiger partial charge in [0.15, 0.2) is 5.78 Å². The average Bonchev–Trinajstić information content (AvgIpc) is 2.72. The average molecular weight is 423 g/mol. The van der Waals surface area contributed by atoms with Crippen molar-refractivity contribution in [1.82, 2.24) is 0 Å². The molecule has 1 fully saturated rings. The zero-order chi connectivity index (χ0) is 21.3. The first kappa shape index (κ1) is 20.4. The van der Waals surface area contributed by atoms with Crippen molar-refractivity contribution >= 4 is 38.0 Å². The number of benzene rings is 3. The van der Waals surface area contributed by atoms with Crippen LogP contribution in [-0.2, 0) is 10.0 Å². The fourth-order valence-electron chi connectivity index (χ4n) is 4.38. The van der Waals surface area contributed by atoms with Gasteiger partial charge in [-0.05, 0) is 55.5 Å².